The minimum Gasteiger partial charge on any atom is -0.480 e. The van der Waals surface area contributed by atoms with E-state index in [2.05, 4.69) is 42.4 Å². The van der Waals surface area contributed by atoms with Gasteiger partial charge in [0.2, 0.25) is 10.0 Å². The fraction of sp³-hybridized carbons (Fsp3) is 0.583. The number of anilines is 3. The maximum atomic E-state index is 12.1. The van der Waals surface area contributed by atoms with E-state index in [1.807, 2.05) is 6.92 Å². The first-order chi connectivity index (χ1) is 17.8. The first-order valence-corrected chi connectivity index (χ1v) is 14.8. The molecule has 0 radical (unpaired) electrons. The molecule has 2 aromatic heterocycles. The van der Waals surface area contributed by atoms with Gasteiger partial charge in [-0.15, -0.1) is 11.6 Å². The molecular weight excluding hydrogens is 518 g/mol. The molecule has 13 heteroatoms. The lowest BCUT2D eigenvalue weighted by molar-refractivity contribution is -0.138. The first-order valence-electron chi connectivity index (χ1n) is 12.6. The van der Waals surface area contributed by atoms with Gasteiger partial charge in [-0.3, -0.25) is 4.79 Å². The number of sulfonamides is 1. The highest BCUT2D eigenvalue weighted by atomic mass is 35.5. The molecule has 2 aromatic rings. The number of carboxylic acids is 1. The topological polar surface area (TPSA) is 149 Å². The molecular formula is C24H34ClN7O4S. The van der Waals surface area contributed by atoms with E-state index in [9.17, 15) is 18.3 Å². The van der Waals surface area contributed by atoms with Crippen molar-refractivity contribution < 1.29 is 18.3 Å². The van der Waals surface area contributed by atoms with Crippen molar-refractivity contribution in [1.29, 1.82) is 0 Å². The van der Waals surface area contributed by atoms with Crippen LogP contribution in [0.25, 0.3) is 0 Å². The number of halogens is 1. The second-order valence-electron chi connectivity index (χ2n) is 9.46. The van der Waals surface area contributed by atoms with Crippen LogP contribution in [0.2, 0.25) is 0 Å². The van der Waals surface area contributed by atoms with Crippen LogP contribution in [0.4, 0.5) is 17.5 Å². The predicted molar refractivity (Wildman–Crippen MR) is 144 cm³/mol. The maximum absolute atomic E-state index is 12.1. The van der Waals surface area contributed by atoms with E-state index in [0.717, 1.165) is 68.2 Å². The highest BCUT2D eigenvalue weighted by Gasteiger charge is 2.27. The van der Waals surface area contributed by atoms with E-state index in [1.54, 1.807) is 0 Å². The van der Waals surface area contributed by atoms with Crippen molar-refractivity contribution in [2.75, 3.05) is 53.3 Å². The average Bonchev–Trinajstić information content (AvgIpc) is 2.90. The molecule has 1 fully saturated rings. The second-order valence-corrected chi connectivity index (χ2v) is 11.7. The zero-order chi connectivity index (χ0) is 26.4. The molecule has 0 aromatic carbocycles. The summed E-state index contributed by atoms with van der Waals surface area (Å²) in [6.45, 7) is 4.31. The molecule has 0 saturated carbocycles. The summed E-state index contributed by atoms with van der Waals surface area (Å²) in [6.07, 6.45) is 5.79. The van der Waals surface area contributed by atoms with Gasteiger partial charge in [0.25, 0.3) is 0 Å². The van der Waals surface area contributed by atoms with Crippen LogP contribution in [0.3, 0.4) is 0 Å². The highest BCUT2D eigenvalue weighted by molar-refractivity contribution is 7.89. The molecule has 1 saturated heterocycles. The summed E-state index contributed by atoms with van der Waals surface area (Å²) in [5, 5.41) is 15.9. The highest BCUT2D eigenvalue weighted by Crippen LogP contribution is 2.33. The fourth-order valence-corrected chi connectivity index (χ4v) is 6.35. The van der Waals surface area contributed by atoms with Gasteiger partial charge in [-0.2, -0.15) is 4.72 Å². The largest absolute Gasteiger partial charge is 0.480 e. The number of aliphatic carboxylic acids is 1. The summed E-state index contributed by atoms with van der Waals surface area (Å²) in [5.74, 6) is 1.33. The quantitative estimate of drug-likeness (QED) is 0.306. The van der Waals surface area contributed by atoms with Gasteiger partial charge in [0, 0.05) is 49.2 Å². The summed E-state index contributed by atoms with van der Waals surface area (Å²) >= 11 is 5.56. The van der Waals surface area contributed by atoms with Crippen LogP contribution < -0.4 is 20.3 Å². The van der Waals surface area contributed by atoms with Crippen molar-refractivity contribution in [2.24, 2.45) is 0 Å². The van der Waals surface area contributed by atoms with Crippen molar-refractivity contribution in [3.05, 3.63) is 35.3 Å². The van der Waals surface area contributed by atoms with Crippen molar-refractivity contribution >= 4 is 45.0 Å². The van der Waals surface area contributed by atoms with Gasteiger partial charge in [0.05, 0.1) is 5.75 Å². The number of fused-ring (bicyclic) bond motifs is 1. The molecule has 0 unspecified atom stereocenters. The molecule has 0 spiro atoms. The number of hydrogen-bond acceptors (Lipinski definition) is 9. The van der Waals surface area contributed by atoms with Crippen LogP contribution in [-0.4, -0.2) is 78.3 Å². The van der Waals surface area contributed by atoms with Gasteiger partial charge >= 0.3 is 5.97 Å². The summed E-state index contributed by atoms with van der Waals surface area (Å²) in [7, 11) is -3.77. The first kappa shape index (κ1) is 27.3. The van der Waals surface area contributed by atoms with Crippen molar-refractivity contribution in [1.82, 2.24) is 19.7 Å². The Morgan fingerprint density at radius 1 is 1.30 bits per heavy atom. The van der Waals surface area contributed by atoms with E-state index >= 15 is 0 Å². The van der Waals surface area contributed by atoms with Crippen molar-refractivity contribution in [3.63, 3.8) is 0 Å². The van der Waals surface area contributed by atoms with Crippen LogP contribution in [0.15, 0.2) is 18.5 Å². The lowest BCUT2D eigenvalue weighted by atomic mass is 9.92. The molecule has 37 heavy (non-hydrogen) atoms. The van der Waals surface area contributed by atoms with Crippen LogP contribution in [0.1, 0.15) is 48.4 Å². The number of pyridine rings is 1. The molecule has 2 aliphatic heterocycles. The third-order valence-electron chi connectivity index (χ3n) is 6.83. The Morgan fingerprint density at radius 3 is 2.81 bits per heavy atom. The van der Waals surface area contributed by atoms with Crippen LogP contribution >= 0.6 is 11.6 Å². The van der Waals surface area contributed by atoms with E-state index in [-0.39, 0.29) is 24.6 Å². The van der Waals surface area contributed by atoms with Crippen LogP contribution in [-0.2, 0) is 21.2 Å². The number of rotatable bonds is 11. The van der Waals surface area contributed by atoms with E-state index in [4.69, 9.17) is 16.6 Å². The number of alkyl halides is 1. The van der Waals surface area contributed by atoms with Crippen molar-refractivity contribution in [3.8, 4) is 0 Å². The summed E-state index contributed by atoms with van der Waals surface area (Å²) < 4.78 is 26.5. The number of carbonyl (C=O) groups is 1. The molecule has 0 aliphatic carbocycles. The van der Waals surface area contributed by atoms with Crippen molar-refractivity contribution in [2.45, 2.75) is 51.0 Å². The Hall–Kier alpha value is -2.70. The molecule has 4 heterocycles. The molecule has 11 nitrogen and oxygen atoms in total. The molecule has 2 aliphatic rings. The molecule has 0 amide bonds. The third kappa shape index (κ3) is 6.99. The SMILES string of the molecule is Cc1c(NC[C@H](NS(=O)(=O)CCCCl)C(=O)O)ncnc1N1CCC(c2ccc3c(n2)NCCC3)CC1. The monoisotopic (exact) mass is 551 g/mol. The number of aryl methyl sites for hydroxylation is 1. The van der Waals surface area contributed by atoms with Gasteiger partial charge in [-0.05, 0) is 50.7 Å². The van der Waals surface area contributed by atoms with E-state index in [1.165, 1.54) is 11.9 Å². The molecule has 4 rings (SSSR count). The Morgan fingerprint density at radius 2 is 2.08 bits per heavy atom. The Balaban J connectivity index is 1.37. The number of nitrogens with zero attached hydrogens (tertiary/aromatic N) is 4. The standard InChI is InChI=1S/C24H34ClN7O4S/c1-16-21(27-14-20(24(33)34)31-37(35,36)13-3-9-25)28-15-29-23(16)32-11-7-17(8-12-32)19-6-5-18-4-2-10-26-22(18)30-19/h5-6,15,17,20,31H,2-4,7-14H2,1H3,(H,26,30)(H,33,34)(H,27,28,29)/t20-/m0/s1. The Kier molecular flexibility index (Phi) is 9.04. The zero-order valence-electron chi connectivity index (χ0n) is 20.9. The molecule has 1 atom stereocenters. The summed E-state index contributed by atoms with van der Waals surface area (Å²) in [5.41, 5.74) is 3.20. The number of aromatic nitrogens is 3. The predicted octanol–water partition coefficient (Wildman–Crippen LogP) is 2.34. The van der Waals surface area contributed by atoms with Gasteiger partial charge in [0.1, 0.15) is 29.8 Å². The molecule has 4 N–H and O–H groups in total. The average molecular weight is 552 g/mol. The summed E-state index contributed by atoms with van der Waals surface area (Å²) in [6, 6.07) is 3.02. The van der Waals surface area contributed by atoms with Gasteiger partial charge < -0.3 is 20.6 Å². The zero-order valence-corrected chi connectivity index (χ0v) is 22.5. The second kappa shape index (κ2) is 12.2. The van der Waals surface area contributed by atoms with Crippen LogP contribution in [0.5, 0.6) is 0 Å². The number of carboxylic acid groups (broad SMARTS) is 1. The molecule has 202 valence electrons. The summed E-state index contributed by atoms with van der Waals surface area (Å²) in [4.78, 5) is 27.5. The lowest BCUT2D eigenvalue weighted by Crippen LogP contribution is -2.46. The Labute approximate surface area is 222 Å². The molecule has 0 bridgehead atoms. The van der Waals surface area contributed by atoms with E-state index < -0.39 is 22.0 Å². The smallest absolute Gasteiger partial charge is 0.323 e. The number of nitrogens with one attached hydrogen (secondary N) is 3. The number of piperidine rings is 1. The minimum atomic E-state index is -3.77. The maximum Gasteiger partial charge on any atom is 0.323 e. The van der Waals surface area contributed by atoms with Gasteiger partial charge in [-0.25, -0.2) is 23.4 Å². The Bertz CT molecular complexity index is 1210. The van der Waals surface area contributed by atoms with E-state index in [0.29, 0.717) is 11.7 Å². The van der Waals surface area contributed by atoms with Gasteiger partial charge in [0.15, 0.2) is 0 Å². The minimum absolute atomic E-state index is 0.160. The normalized spacial score (nSPS) is 17.1. The van der Waals surface area contributed by atoms with Crippen LogP contribution in [0, 0.1) is 6.92 Å². The lowest BCUT2D eigenvalue weighted by Gasteiger charge is -2.34. The third-order valence-corrected chi connectivity index (χ3v) is 8.56. The number of hydrogen-bond donors (Lipinski definition) is 4. The fourth-order valence-electron chi connectivity index (χ4n) is 4.79. The van der Waals surface area contributed by atoms with Gasteiger partial charge in [-0.1, -0.05) is 6.07 Å².